The summed E-state index contributed by atoms with van der Waals surface area (Å²) in [5.41, 5.74) is 18.6. The quantitative estimate of drug-likeness (QED) is 0.155. The van der Waals surface area contributed by atoms with Crippen LogP contribution in [0.2, 0.25) is 0 Å². The first-order chi connectivity index (χ1) is 37.9. The van der Waals surface area contributed by atoms with E-state index in [9.17, 15) is 0 Å². The van der Waals surface area contributed by atoms with Gasteiger partial charge in [-0.2, -0.15) is 12.1 Å². The number of pyridine rings is 1. The maximum absolute atomic E-state index is 8.78. The van der Waals surface area contributed by atoms with Gasteiger partial charge in [-0.3, -0.25) is 0 Å². The van der Waals surface area contributed by atoms with E-state index in [2.05, 4.69) is 181 Å². The minimum atomic E-state index is -0.425. The normalized spacial score (nSPS) is 18.7. The molecule has 2 atom stereocenters. The number of nitrogens with zero attached hydrogens (tertiary/aromatic N) is 4. The van der Waals surface area contributed by atoms with Crippen LogP contribution < -0.4 is 14.5 Å². The predicted octanol–water partition coefficient (Wildman–Crippen LogP) is 16.8. The minimum Gasteiger partial charge on any atom is -0.509 e. The summed E-state index contributed by atoms with van der Waals surface area (Å²) in [5.74, 6) is 2.17. The number of rotatable bonds is 6. The third-order valence-corrected chi connectivity index (χ3v) is 15.8. The summed E-state index contributed by atoms with van der Waals surface area (Å²) in [5, 5.41) is 1.65. The van der Waals surface area contributed by atoms with Gasteiger partial charge in [0.15, 0.2) is 0 Å². The van der Waals surface area contributed by atoms with Crippen molar-refractivity contribution in [3.63, 3.8) is 0 Å². The van der Waals surface area contributed by atoms with Gasteiger partial charge in [0.2, 0.25) is 0 Å². The second kappa shape index (κ2) is 17.0. The molecule has 0 spiro atoms. The Bertz CT molecular complexity index is 4280. The number of anilines is 4. The van der Waals surface area contributed by atoms with Gasteiger partial charge in [0.1, 0.15) is 5.82 Å². The molecule has 0 saturated heterocycles. The van der Waals surface area contributed by atoms with Crippen molar-refractivity contribution in [1.82, 2.24) is 9.55 Å². The van der Waals surface area contributed by atoms with Crippen molar-refractivity contribution in [3.8, 4) is 28.4 Å². The number of para-hydroxylation sites is 2. The van der Waals surface area contributed by atoms with E-state index < -0.39 is 6.04 Å². The smallest absolute Gasteiger partial charge is 0.135 e. The fourth-order valence-corrected chi connectivity index (χ4v) is 12.7. The summed E-state index contributed by atoms with van der Waals surface area (Å²) in [6, 6.07) is 68.3. The molecular formula is C68H49N4OPt-3. The van der Waals surface area contributed by atoms with Gasteiger partial charge in [-0.15, -0.1) is 48.1 Å². The summed E-state index contributed by atoms with van der Waals surface area (Å²) in [6.07, 6.45) is 1.82. The van der Waals surface area contributed by atoms with Gasteiger partial charge in [-0.1, -0.05) is 166 Å². The Morgan fingerprint density at radius 2 is 1.11 bits per heavy atom. The van der Waals surface area contributed by atoms with E-state index in [-0.39, 0.29) is 79.9 Å². The molecule has 5 nitrogen and oxygen atoms in total. The molecule has 2 unspecified atom stereocenters. The van der Waals surface area contributed by atoms with Crippen LogP contribution in [0.3, 0.4) is 0 Å². The molecule has 2 aromatic heterocycles. The minimum absolute atomic E-state index is 0. The molecule has 9 aromatic carbocycles. The van der Waals surface area contributed by atoms with E-state index in [1.54, 1.807) is 0 Å². The molecule has 0 radical (unpaired) electrons. The Hall–Kier alpha value is -7.98. The number of fused-ring (bicyclic) bond motifs is 4. The van der Waals surface area contributed by atoms with Crippen LogP contribution in [-0.2, 0) is 26.5 Å². The summed E-state index contributed by atoms with van der Waals surface area (Å²) in [6.45, 7) is 8.72. The Kier molecular flexibility index (Phi) is 9.11. The van der Waals surface area contributed by atoms with Gasteiger partial charge < -0.3 is 19.1 Å². The maximum atomic E-state index is 8.78. The molecule has 3 heterocycles. The van der Waals surface area contributed by atoms with E-state index in [0.29, 0.717) is 28.4 Å². The molecule has 360 valence electrons. The second-order valence-electron chi connectivity index (χ2n) is 20.7. The van der Waals surface area contributed by atoms with Crippen LogP contribution in [0.1, 0.15) is 101 Å². The van der Waals surface area contributed by atoms with E-state index in [1.807, 2.05) is 54.7 Å². The van der Waals surface area contributed by atoms with Gasteiger partial charge in [0.05, 0.1) is 6.85 Å². The molecule has 6 aliphatic carbocycles. The summed E-state index contributed by atoms with van der Waals surface area (Å²) < 4.78 is 51.4. The molecule has 0 amide bonds. The molecule has 74 heavy (non-hydrogen) atoms. The Morgan fingerprint density at radius 3 is 1.80 bits per heavy atom. The Balaban J connectivity index is 0.00000564. The van der Waals surface area contributed by atoms with Crippen LogP contribution in [0.5, 0.6) is 11.5 Å². The topological polar surface area (TPSA) is 33.5 Å². The van der Waals surface area contributed by atoms with Crippen molar-refractivity contribution in [1.29, 1.82) is 0 Å². The number of ether oxygens (including phenoxy) is 1. The van der Waals surface area contributed by atoms with E-state index >= 15 is 0 Å². The molecule has 18 rings (SSSR count). The largest absolute Gasteiger partial charge is 0.509 e. The first-order valence-corrected chi connectivity index (χ1v) is 25.1. The fraction of sp³-hybridized carbons (Fsp3) is 0.118. The maximum Gasteiger partial charge on any atom is 0.135 e. The van der Waals surface area contributed by atoms with E-state index in [1.165, 1.54) is 50.2 Å². The van der Waals surface area contributed by atoms with Gasteiger partial charge in [-0.05, 0) is 108 Å². The molecule has 7 aliphatic rings. The molecule has 0 fully saturated rings. The van der Waals surface area contributed by atoms with Crippen LogP contribution in [0.15, 0.2) is 212 Å². The first-order valence-electron chi connectivity index (χ1n) is 27.6. The molecule has 0 saturated carbocycles. The SMILES string of the molecule is [2H]c1c([2H])c([2H])c(-c2ccc3c(c2)c2ccc(Oc4[c-]c(N5[CH-]N(c6cccc7c6C6c8ccccc8C7C7c8ccccc8C6c6ccccc67)c6ccccc65)ccc4)[c-]c2n3-c2cc(C(C)(C)C)ccn2)c([2H])c1[2H].[Pt]. The van der Waals surface area contributed by atoms with Crippen LogP contribution >= 0.6 is 0 Å². The average Bonchev–Trinajstić information content (AvgIpc) is 3.42. The van der Waals surface area contributed by atoms with Crippen molar-refractivity contribution in [2.45, 2.75) is 49.9 Å². The molecule has 6 heteroatoms. The predicted molar refractivity (Wildman–Crippen MR) is 295 cm³/mol. The van der Waals surface area contributed by atoms with Gasteiger partial charge in [0, 0.05) is 85.0 Å². The summed E-state index contributed by atoms with van der Waals surface area (Å²) >= 11 is 0. The summed E-state index contributed by atoms with van der Waals surface area (Å²) in [7, 11) is 0. The van der Waals surface area contributed by atoms with Gasteiger partial charge in [-0.25, -0.2) is 4.98 Å². The Labute approximate surface area is 453 Å². The first kappa shape index (κ1) is 39.5. The van der Waals surface area contributed by atoms with Gasteiger partial charge >= 0.3 is 0 Å². The monoisotopic (exact) mass is 1140 g/mol. The standard InChI is InChI=1S/C68H49N4O.Pt/c1-68(2,3)44-35-36-69-62(38-44)72-57-34-31-43(42-17-5-4-6-18-42)37-56(57)48-33-32-47(40-61(48)72)73-46-20-15-19-45(39-46)70-41-71(59-29-14-13-28-58(59)70)60-30-16-27-55-65-53-25-11-12-26-54(53)67(66(55)60)64-51-23-9-7-21-49(51)63(65)50-22-8-10-24-52(50)64;/h4-38,41,63-65,67H,1-3H3;/q-3;/i4D,5D,6D,17D,18D;. The van der Waals surface area contributed by atoms with Gasteiger partial charge in [0.25, 0.3) is 0 Å². The molecule has 0 N–H and O–H groups in total. The van der Waals surface area contributed by atoms with E-state index in [4.69, 9.17) is 16.6 Å². The van der Waals surface area contributed by atoms with Crippen molar-refractivity contribution >= 4 is 44.6 Å². The number of benzene rings is 9. The van der Waals surface area contributed by atoms with Crippen molar-refractivity contribution < 1.29 is 32.7 Å². The zero-order chi connectivity index (χ0) is 52.9. The summed E-state index contributed by atoms with van der Waals surface area (Å²) in [4.78, 5) is 9.48. The van der Waals surface area contributed by atoms with Crippen molar-refractivity contribution in [3.05, 3.63) is 281 Å². The number of aromatic nitrogens is 2. The zero-order valence-corrected chi connectivity index (χ0v) is 43.0. The number of hydrogen-bond donors (Lipinski definition) is 0. The zero-order valence-electron chi connectivity index (χ0n) is 45.7. The second-order valence-corrected chi connectivity index (χ2v) is 20.7. The van der Waals surface area contributed by atoms with Crippen LogP contribution in [0, 0.1) is 18.8 Å². The third kappa shape index (κ3) is 6.75. The average molecular weight is 1140 g/mol. The molecular weight excluding hydrogens is 1080 g/mol. The van der Waals surface area contributed by atoms with E-state index in [0.717, 1.165) is 38.9 Å². The Morgan fingerprint density at radius 1 is 0.527 bits per heavy atom. The van der Waals surface area contributed by atoms with Crippen molar-refractivity contribution in [2.24, 2.45) is 0 Å². The molecule has 1 aliphatic heterocycles. The molecule has 11 aromatic rings. The fourth-order valence-electron chi connectivity index (χ4n) is 12.7. The number of hydrogen-bond acceptors (Lipinski definition) is 4. The van der Waals surface area contributed by atoms with Crippen LogP contribution in [0.25, 0.3) is 38.8 Å². The third-order valence-electron chi connectivity index (χ3n) is 15.8. The molecule has 4 bridgehead atoms. The van der Waals surface area contributed by atoms with Crippen molar-refractivity contribution in [2.75, 3.05) is 9.80 Å². The van der Waals surface area contributed by atoms with Crippen LogP contribution in [0.4, 0.5) is 22.7 Å². The van der Waals surface area contributed by atoms with Crippen LogP contribution in [-0.4, -0.2) is 9.55 Å².